The number of hydrogen-bond acceptors (Lipinski definition) is 3. The van der Waals surface area contributed by atoms with E-state index in [0.717, 1.165) is 21.4 Å². The van der Waals surface area contributed by atoms with Gasteiger partial charge in [0.2, 0.25) is 11.8 Å². The minimum absolute atomic E-state index is 0.00355. The van der Waals surface area contributed by atoms with Gasteiger partial charge in [-0.25, -0.2) is 0 Å². The van der Waals surface area contributed by atoms with E-state index in [1.807, 2.05) is 72.8 Å². The van der Waals surface area contributed by atoms with Crippen LogP contribution in [0.1, 0.15) is 37.0 Å². The summed E-state index contributed by atoms with van der Waals surface area (Å²) in [6, 6.07) is 27.6. The van der Waals surface area contributed by atoms with E-state index in [9.17, 15) is 9.59 Å². The Balaban J connectivity index is 1.79. The third-order valence-corrected chi connectivity index (χ3v) is 7.29. The average molecular weight is 568 g/mol. The summed E-state index contributed by atoms with van der Waals surface area (Å²) in [6.07, 6.45) is 0.857. The van der Waals surface area contributed by atoms with Crippen LogP contribution >= 0.6 is 27.7 Å². The van der Waals surface area contributed by atoms with Crippen LogP contribution < -0.4 is 5.32 Å². The van der Waals surface area contributed by atoms with E-state index in [1.54, 1.807) is 16.7 Å². The number of benzene rings is 3. The summed E-state index contributed by atoms with van der Waals surface area (Å²) >= 11 is 5.28. The minimum atomic E-state index is -0.586. The third kappa shape index (κ3) is 9.47. The first-order valence-corrected chi connectivity index (χ1v) is 14.3. The van der Waals surface area contributed by atoms with E-state index >= 15 is 0 Å². The molecule has 0 aliphatic carbocycles. The third-order valence-electron chi connectivity index (χ3n) is 5.77. The first-order valence-electron chi connectivity index (χ1n) is 12.4. The summed E-state index contributed by atoms with van der Waals surface area (Å²) in [7, 11) is 0. The Morgan fingerprint density at radius 3 is 2.17 bits per heavy atom. The molecule has 0 saturated heterocycles. The van der Waals surface area contributed by atoms with Gasteiger partial charge in [0.1, 0.15) is 6.04 Å². The molecule has 2 amide bonds. The van der Waals surface area contributed by atoms with Gasteiger partial charge in [-0.1, -0.05) is 103 Å². The zero-order valence-electron chi connectivity index (χ0n) is 21.0. The van der Waals surface area contributed by atoms with Gasteiger partial charge in [-0.05, 0) is 34.7 Å². The van der Waals surface area contributed by atoms with Crippen LogP contribution in [0.2, 0.25) is 0 Å². The molecule has 6 heteroatoms. The van der Waals surface area contributed by atoms with E-state index in [0.29, 0.717) is 37.6 Å². The molecule has 190 valence electrons. The van der Waals surface area contributed by atoms with Crippen molar-refractivity contribution in [3.63, 3.8) is 0 Å². The molecule has 0 saturated carbocycles. The molecule has 0 aliphatic rings. The van der Waals surface area contributed by atoms with Gasteiger partial charge in [0.25, 0.3) is 0 Å². The van der Waals surface area contributed by atoms with Crippen LogP contribution in [-0.4, -0.2) is 35.1 Å². The van der Waals surface area contributed by atoms with Crippen LogP contribution in [0, 0.1) is 5.92 Å². The Labute approximate surface area is 228 Å². The molecule has 3 rings (SSSR count). The van der Waals surface area contributed by atoms with Crippen LogP contribution in [0.5, 0.6) is 0 Å². The predicted octanol–water partition coefficient (Wildman–Crippen LogP) is 6.48. The van der Waals surface area contributed by atoms with Crippen LogP contribution in [0.15, 0.2) is 89.4 Å². The maximum absolute atomic E-state index is 13.6. The Hall–Kier alpha value is -2.57. The second-order valence-electron chi connectivity index (χ2n) is 9.28. The normalized spacial score (nSPS) is 11.8. The maximum atomic E-state index is 13.6. The summed E-state index contributed by atoms with van der Waals surface area (Å²) in [4.78, 5) is 28.9. The van der Waals surface area contributed by atoms with Gasteiger partial charge in [-0.15, -0.1) is 0 Å². The number of hydrogen-bond donors (Lipinski definition) is 1. The number of halogens is 1. The highest BCUT2D eigenvalue weighted by atomic mass is 79.9. The molecule has 0 unspecified atom stereocenters. The van der Waals surface area contributed by atoms with Crippen LogP contribution in [0.4, 0.5) is 0 Å². The van der Waals surface area contributed by atoms with Gasteiger partial charge < -0.3 is 10.2 Å². The van der Waals surface area contributed by atoms with Crippen molar-refractivity contribution in [3.8, 4) is 0 Å². The SMILES string of the molecule is CC(C)CNC(=O)[C@H](Cc1ccccc1)N(Cc1cccc(Br)c1)C(=O)CCSCc1ccccc1. The standard InChI is InChI=1S/C30H35BrN2O2S/c1-23(2)20-32-30(35)28(19-24-10-5-3-6-11-24)33(21-26-14-9-15-27(31)18-26)29(34)16-17-36-22-25-12-7-4-8-13-25/h3-15,18,23,28H,16-17,19-22H2,1-2H3,(H,32,35)/t28-/m0/s1. The molecule has 3 aromatic rings. The Morgan fingerprint density at radius 2 is 1.53 bits per heavy atom. The van der Waals surface area contributed by atoms with Gasteiger partial charge >= 0.3 is 0 Å². The van der Waals surface area contributed by atoms with E-state index in [-0.39, 0.29) is 11.8 Å². The second kappa shape index (κ2) is 14.9. The molecule has 0 heterocycles. The summed E-state index contributed by atoms with van der Waals surface area (Å²) < 4.78 is 0.953. The first-order chi connectivity index (χ1) is 17.4. The van der Waals surface area contributed by atoms with Gasteiger partial charge in [-0.2, -0.15) is 11.8 Å². The predicted molar refractivity (Wildman–Crippen MR) is 154 cm³/mol. The van der Waals surface area contributed by atoms with Crippen molar-refractivity contribution in [2.75, 3.05) is 12.3 Å². The molecular formula is C30H35BrN2O2S. The maximum Gasteiger partial charge on any atom is 0.243 e. The van der Waals surface area contributed by atoms with Gasteiger partial charge in [-0.3, -0.25) is 9.59 Å². The van der Waals surface area contributed by atoms with Crippen molar-refractivity contribution in [1.29, 1.82) is 0 Å². The zero-order valence-corrected chi connectivity index (χ0v) is 23.4. The highest BCUT2D eigenvalue weighted by Crippen LogP contribution is 2.20. The van der Waals surface area contributed by atoms with E-state index in [4.69, 9.17) is 0 Å². The Kier molecular flexibility index (Phi) is 11.6. The molecule has 0 bridgehead atoms. The molecule has 36 heavy (non-hydrogen) atoms. The number of carbonyl (C=O) groups is 2. The number of thioether (sulfide) groups is 1. The average Bonchev–Trinajstić information content (AvgIpc) is 2.88. The van der Waals surface area contributed by atoms with E-state index in [1.165, 1.54) is 5.56 Å². The van der Waals surface area contributed by atoms with Crippen molar-refractivity contribution >= 4 is 39.5 Å². The van der Waals surface area contributed by atoms with Gasteiger partial charge in [0, 0.05) is 41.9 Å². The van der Waals surface area contributed by atoms with E-state index in [2.05, 4.69) is 47.2 Å². The number of nitrogens with one attached hydrogen (secondary N) is 1. The quantitative estimate of drug-likeness (QED) is 0.241. The smallest absolute Gasteiger partial charge is 0.243 e. The lowest BCUT2D eigenvalue weighted by atomic mass is 10.0. The molecular weight excluding hydrogens is 532 g/mol. The minimum Gasteiger partial charge on any atom is -0.354 e. The molecule has 1 N–H and O–H groups in total. The topological polar surface area (TPSA) is 49.4 Å². The molecule has 0 fully saturated rings. The monoisotopic (exact) mass is 566 g/mol. The Morgan fingerprint density at radius 1 is 0.889 bits per heavy atom. The molecule has 3 aromatic carbocycles. The lowest BCUT2D eigenvalue weighted by molar-refractivity contribution is -0.141. The lowest BCUT2D eigenvalue weighted by Gasteiger charge is -2.32. The number of carbonyl (C=O) groups excluding carboxylic acids is 2. The van der Waals surface area contributed by atoms with Crippen molar-refractivity contribution in [1.82, 2.24) is 10.2 Å². The fraction of sp³-hybridized carbons (Fsp3) is 0.333. The molecule has 0 aliphatic heterocycles. The first kappa shape index (κ1) is 28.0. The highest BCUT2D eigenvalue weighted by Gasteiger charge is 2.30. The lowest BCUT2D eigenvalue weighted by Crippen LogP contribution is -2.51. The Bertz CT molecular complexity index is 1090. The van der Waals surface area contributed by atoms with Crippen LogP contribution in [-0.2, 0) is 28.3 Å². The van der Waals surface area contributed by atoms with Gasteiger partial charge in [0.05, 0.1) is 0 Å². The summed E-state index contributed by atoms with van der Waals surface area (Å²) in [5.41, 5.74) is 3.27. The van der Waals surface area contributed by atoms with Crippen LogP contribution in [0.25, 0.3) is 0 Å². The molecule has 0 spiro atoms. The summed E-state index contributed by atoms with van der Waals surface area (Å²) in [5, 5.41) is 3.08. The molecule has 0 aromatic heterocycles. The number of nitrogens with zero attached hydrogens (tertiary/aromatic N) is 1. The summed E-state index contributed by atoms with van der Waals surface area (Å²) in [5.74, 6) is 1.79. The van der Waals surface area contributed by atoms with Crippen molar-refractivity contribution in [2.45, 2.75) is 45.0 Å². The zero-order chi connectivity index (χ0) is 25.8. The summed E-state index contributed by atoms with van der Waals surface area (Å²) in [6.45, 7) is 5.10. The fourth-order valence-corrected chi connectivity index (χ4v) is 5.21. The van der Waals surface area contributed by atoms with Crippen molar-refractivity contribution < 1.29 is 9.59 Å². The molecule has 1 atom stereocenters. The number of rotatable bonds is 13. The molecule has 0 radical (unpaired) electrons. The number of amides is 2. The highest BCUT2D eigenvalue weighted by molar-refractivity contribution is 9.10. The van der Waals surface area contributed by atoms with E-state index < -0.39 is 6.04 Å². The molecule has 4 nitrogen and oxygen atoms in total. The van der Waals surface area contributed by atoms with Crippen molar-refractivity contribution in [2.24, 2.45) is 5.92 Å². The van der Waals surface area contributed by atoms with Crippen molar-refractivity contribution in [3.05, 3.63) is 106 Å². The fourth-order valence-electron chi connectivity index (χ4n) is 3.88. The van der Waals surface area contributed by atoms with Crippen LogP contribution in [0.3, 0.4) is 0 Å². The largest absolute Gasteiger partial charge is 0.354 e. The second-order valence-corrected chi connectivity index (χ2v) is 11.3. The van der Waals surface area contributed by atoms with Gasteiger partial charge in [0.15, 0.2) is 0 Å².